The molecule has 0 bridgehead atoms. The average molecular weight is 379 g/mol. The Morgan fingerprint density at radius 2 is 1.67 bits per heavy atom. The third kappa shape index (κ3) is 5.64. The zero-order chi connectivity index (χ0) is 19.4. The molecule has 1 N–H and O–H groups in total. The van der Waals surface area contributed by atoms with Crippen molar-refractivity contribution in [2.24, 2.45) is 5.92 Å². The van der Waals surface area contributed by atoms with E-state index in [-0.39, 0.29) is 24.1 Å². The number of methoxy groups -OCH3 is 1. The highest BCUT2D eigenvalue weighted by Gasteiger charge is 2.33. The Morgan fingerprint density at radius 3 is 2.19 bits per heavy atom. The number of nitrogens with one attached hydrogen (secondary N) is 1. The molecule has 7 heteroatoms. The van der Waals surface area contributed by atoms with Crippen LogP contribution in [0, 0.1) is 5.92 Å². The molecule has 0 radical (unpaired) electrons. The van der Waals surface area contributed by atoms with Gasteiger partial charge < -0.3 is 14.8 Å². The summed E-state index contributed by atoms with van der Waals surface area (Å²) in [6.07, 6.45) is -2.53. The average Bonchev–Trinajstić information content (AvgIpc) is 3.45. The maximum absolute atomic E-state index is 12.4. The highest BCUT2D eigenvalue weighted by atomic mass is 19.4. The van der Waals surface area contributed by atoms with Crippen LogP contribution in [0.4, 0.5) is 13.2 Å². The van der Waals surface area contributed by atoms with Crippen LogP contribution in [0.25, 0.3) is 0 Å². The maximum atomic E-state index is 12.4. The largest absolute Gasteiger partial charge is 0.573 e. The summed E-state index contributed by atoms with van der Waals surface area (Å²) in [5.41, 5.74) is 1.63. The van der Waals surface area contributed by atoms with Crippen molar-refractivity contribution in [3.8, 4) is 11.5 Å². The Kier molecular flexibility index (Phi) is 5.58. The van der Waals surface area contributed by atoms with Crippen molar-refractivity contribution in [3.05, 3.63) is 59.7 Å². The van der Waals surface area contributed by atoms with E-state index >= 15 is 0 Å². The van der Waals surface area contributed by atoms with Crippen molar-refractivity contribution < 1.29 is 27.4 Å². The van der Waals surface area contributed by atoms with Crippen molar-refractivity contribution in [1.29, 1.82) is 0 Å². The lowest BCUT2D eigenvalue weighted by Crippen LogP contribution is -2.31. The number of benzene rings is 2. The van der Waals surface area contributed by atoms with Gasteiger partial charge in [0.2, 0.25) is 5.91 Å². The van der Waals surface area contributed by atoms with Crippen molar-refractivity contribution in [2.75, 3.05) is 7.11 Å². The molecule has 144 valence electrons. The van der Waals surface area contributed by atoms with Gasteiger partial charge in [-0.15, -0.1) is 13.2 Å². The fourth-order valence-electron chi connectivity index (χ4n) is 2.93. The number of amides is 1. The van der Waals surface area contributed by atoms with Crippen LogP contribution in [0.1, 0.15) is 30.0 Å². The molecule has 0 spiro atoms. The van der Waals surface area contributed by atoms with E-state index in [1.54, 1.807) is 7.11 Å². The van der Waals surface area contributed by atoms with E-state index in [9.17, 15) is 18.0 Å². The smallest absolute Gasteiger partial charge is 0.497 e. The summed E-state index contributed by atoms with van der Waals surface area (Å²) in [5, 5.41) is 3.04. The number of hydrogen-bond donors (Lipinski definition) is 1. The van der Waals surface area contributed by atoms with Gasteiger partial charge in [-0.2, -0.15) is 0 Å². The van der Waals surface area contributed by atoms with Crippen molar-refractivity contribution in [2.45, 2.75) is 31.7 Å². The zero-order valence-electron chi connectivity index (χ0n) is 14.8. The lowest BCUT2D eigenvalue weighted by atomic mass is 10.0. The van der Waals surface area contributed by atoms with E-state index in [0.717, 1.165) is 24.2 Å². The van der Waals surface area contributed by atoms with Gasteiger partial charge in [0, 0.05) is 0 Å². The first-order valence-electron chi connectivity index (χ1n) is 8.62. The lowest BCUT2D eigenvalue weighted by molar-refractivity contribution is -0.274. The zero-order valence-corrected chi connectivity index (χ0v) is 14.8. The number of rotatable bonds is 7. The van der Waals surface area contributed by atoms with Gasteiger partial charge in [-0.3, -0.25) is 4.79 Å². The Hall–Kier alpha value is -2.70. The Balaban J connectivity index is 1.61. The number of ether oxygens (including phenoxy) is 2. The summed E-state index contributed by atoms with van der Waals surface area (Å²) in [6.45, 7) is 0. The van der Waals surface area contributed by atoms with E-state index in [0.29, 0.717) is 11.5 Å². The molecular weight excluding hydrogens is 359 g/mol. The third-order valence-electron chi connectivity index (χ3n) is 4.41. The molecule has 1 fully saturated rings. The van der Waals surface area contributed by atoms with Crippen LogP contribution >= 0.6 is 0 Å². The quantitative estimate of drug-likeness (QED) is 0.776. The van der Waals surface area contributed by atoms with Crippen molar-refractivity contribution in [3.63, 3.8) is 0 Å². The minimum Gasteiger partial charge on any atom is -0.497 e. The van der Waals surface area contributed by atoms with Crippen molar-refractivity contribution >= 4 is 5.91 Å². The van der Waals surface area contributed by atoms with Gasteiger partial charge in [-0.1, -0.05) is 24.3 Å². The third-order valence-corrected chi connectivity index (χ3v) is 4.41. The van der Waals surface area contributed by atoms with E-state index in [1.165, 1.54) is 24.3 Å². The Bertz CT molecular complexity index is 769. The summed E-state index contributed by atoms with van der Waals surface area (Å²) in [6, 6.07) is 12.8. The molecule has 2 aromatic carbocycles. The van der Waals surface area contributed by atoms with E-state index < -0.39 is 6.36 Å². The van der Waals surface area contributed by atoms with Gasteiger partial charge in [0.15, 0.2) is 0 Å². The first-order valence-corrected chi connectivity index (χ1v) is 8.62. The number of hydrogen-bond acceptors (Lipinski definition) is 3. The molecule has 1 unspecified atom stereocenters. The molecule has 0 aromatic heterocycles. The second-order valence-electron chi connectivity index (χ2n) is 6.52. The van der Waals surface area contributed by atoms with Gasteiger partial charge in [0.1, 0.15) is 11.5 Å². The Morgan fingerprint density at radius 1 is 1.07 bits per heavy atom. The highest BCUT2D eigenvalue weighted by molar-refractivity contribution is 5.79. The second kappa shape index (κ2) is 7.90. The monoisotopic (exact) mass is 379 g/mol. The van der Waals surface area contributed by atoms with E-state index in [1.807, 2.05) is 24.3 Å². The van der Waals surface area contributed by atoms with Gasteiger partial charge >= 0.3 is 6.36 Å². The van der Waals surface area contributed by atoms with Crippen molar-refractivity contribution in [1.82, 2.24) is 5.32 Å². The second-order valence-corrected chi connectivity index (χ2v) is 6.52. The standard InChI is InChI=1S/C20H20F3NO3/c1-26-16-10-6-15(7-11-16)19(14-4-5-14)24-18(25)12-13-2-8-17(9-3-13)27-20(21,22)23/h2-3,6-11,14,19H,4-5,12H2,1H3,(H,24,25). The predicted molar refractivity (Wildman–Crippen MR) is 93.4 cm³/mol. The van der Waals surface area contributed by atoms with Crippen LogP contribution < -0.4 is 14.8 Å². The summed E-state index contributed by atoms with van der Waals surface area (Å²) in [7, 11) is 1.60. The predicted octanol–water partition coefficient (Wildman–Crippen LogP) is 4.40. The first-order chi connectivity index (χ1) is 12.8. The normalized spacial score (nSPS) is 15.1. The number of carbonyl (C=O) groups is 1. The molecule has 1 saturated carbocycles. The van der Waals surface area contributed by atoms with Crippen LogP contribution in [0.2, 0.25) is 0 Å². The molecular formula is C20H20F3NO3. The molecule has 1 aliphatic rings. The molecule has 1 atom stereocenters. The van der Waals surface area contributed by atoms with Gasteiger partial charge in [0.25, 0.3) is 0 Å². The molecule has 0 saturated heterocycles. The molecule has 27 heavy (non-hydrogen) atoms. The van der Waals surface area contributed by atoms with Gasteiger partial charge in [-0.25, -0.2) is 0 Å². The van der Waals surface area contributed by atoms with E-state index in [2.05, 4.69) is 10.1 Å². The maximum Gasteiger partial charge on any atom is 0.573 e. The minimum atomic E-state index is -4.73. The van der Waals surface area contributed by atoms with Gasteiger partial charge in [0.05, 0.1) is 19.6 Å². The highest BCUT2D eigenvalue weighted by Crippen LogP contribution is 2.41. The minimum absolute atomic E-state index is 0.0729. The number of carbonyl (C=O) groups excluding carboxylic acids is 1. The SMILES string of the molecule is COc1ccc(C(NC(=O)Cc2ccc(OC(F)(F)F)cc2)C2CC2)cc1. The summed E-state index contributed by atoms with van der Waals surface area (Å²) < 4.78 is 45.6. The lowest BCUT2D eigenvalue weighted by Gasteiger charge is -2.19. The Labute approximate surface area is 155 Å². The van der Waals surface area contributed by atoms with E-state index in [4.69, 9.17) is 4.74 Å². The molecule has 0 aliphatic heterocycles. The summed E-state index contributed by atoms with van der Waals surface area (Å²) in [4.78, 5) is 12.4. The fraction of sp³-hybridized carbons (Fsp3) is 0.350. The van der Waals surface area contributed by atoms with Crippen LogP contribution in [0.15, 0.2) is 48.5 Å². The molecule has 1 aliphatic carbocycles. The number of alkyl halides is 3. The van der Waals surface area contributed by atoms with Crippen LogP contribution in [0.5, 0.6) is 11.5 Å². The first kappa shape index (κ1) is 19.1. The summed E-state index contributed by atoms with van der Waals surface area (Å²) >= 11 is 0. The van der Waals surface area contributed by atoms with Gasteiger partial charge in [-0.05, 0) is 54.2 Å². The fourth-order valence-corrected chi connectivity index (χ4v) is 2.93. The van der Waals surface area contributed by atoms with Crippen LogP contribution in [0.3, 0.4) is 0 Å². The summed E-state index contributed by atoms with van der Waals surface area (Å²) in [5.74, 6) is 0.679. The molecule has 0 heterocycles. The molecule has 1 amide bonds. The van der Waals surface area contributed by atoms with Crippen LogP contribution in [-0.4, -0.2) is 19.4 Å². The molecule has 2 aromatic rings. The molecule has 3 rings (SSSR count). The molecule has 4 nitrogen and oxygen atoms in total. The topological polar surface area (TPSA) is 47.6 Å². The van der Waals surface area contributed by atoms with Crippen LogP contribution in [-0.2, 0) is 11.2 Å². The number of halogens is 3.